The molecule has 6 aromatic rings. The highest BCUT2D eigenvalue weighted by atomic mass is 79.9. The first-order valence-corrected chi connectivity index (χ1v) is 17.9. The van der Waals surface area contributed by atoms with Crippen LogP contribution < -0.4 is 10.1 Å². The van der Waals surface area contributed by atoms with Gasteiger partial charge in [-0.15, -0.1) is 11.3 Å². The fraction of sp³-hybridized carbons (Fsp3) is 0.147. The van der Waals surface area contributed by atoms with E-state index < -0.39 is 15.9 Å². The van der Waals surface area contributed by atoms with Crippen LogP contribution in [0.4, 0.5) is 5.69 Å². The number of anilines is 1. The smallest absolute Gasteiger partial charge is 0.256 e. The van der Waals surface area contributed by atoms with Crippen molar-refractivity contribution in [3.05, 3.63) is 112 Å². The van der Waals surface area contributed by atoms with Gasteiger partial charge in [0.15, 0.2) is 11.4 Å². The van der Waals surface area contributed by atoms with E-state index in [1.807, 2.05) is 66.9 Å². The Bertz CT molecular complexity index is 2200. The van der Waals surface area contributed by atoms with Crippen LogP contribution in [-0.4, -0.2) is 59.7 Å². The highest BCUT2D eigenvalue weighted by molar-refractivity contribution is 9.10. The molecule has 3 aromatic heterocycles. The van der Waals surface area contributed by atoms with Crippen molar-refractivity contribution in [2.45, 2.75) is 11.8 Å². The van der Waals surface area contributed by atoms with Gasteiger partial charge in [-0.1, -0.05) is 46.3 Å². The number of thiophene rings is 1. The van der Waals surface area contributed by atoms with Crippen LogP contribution in [0.2, 0.25) is 0 Å². The van der Waals surface area contributed by atoms with Crippen LogP contribution in [0.15, 0.2) is 106 Å². The molecule has 1 aliphatic rings. The van der Waals surface area contributed by atoms with Crippen molar-refractivity contribution < 1.29 is 22.7 Å². The summed E-state index contributed by atoms with van der Waals surface area (Å²) >= 11 is 4.97. The molecule has 3 aromatic carbocycles. The number of sulfonamides is 1. The standard InChI is InChI=1S/C34H28BrN5O5S2/c1-22-32-27(21-29(31-11-6-18-46-31)36-33(32)40(38-22)24-8-3-2-4-9-24)34(41)37-28-20-26(47(42,43)39-14-16-44-17-15-39)12-13-30(28)45-25-10-5-7-23(35)19-25/h2-13,18-21H,14-17H2,1H3,(H,37,41). The number of nitrogens with zero attached hydrogens (tertiary/aromatic N) is 4. The molecule has 7 rings (SSSR count). The first-order valence-electron chi connectivity index (χ1n) is 14.7. The van der Waals surface area contributed by atoms with Gasteiger partial charge in [0, 0.05) is 17.6 Å². The molecular formula is C34H28BrN5O5S2. The first-order chi connectivity index (χ1) is 22.8. The molecule has 1 fully saturated rings. The number of para-hydroxylation sites is 1. The molecule has 1 saturated heterocycles. The second kappa shape index (κ2) is 13.0. The minimum absolute atomic E-state index is 0.0310. The van der Waals surface area contributed by atoms with E-state index in [1.165, 1.54) is 27.8 Å². The zero-order chi connectivity index (χ0) is 32.5. The second-order valence-corrected chi connectivity index (χ2v) is 14.6. The molecule has 238 valence electrons. The molecule has 1 amide bonds. The summed E-state index contributed by atoms with van der Waals surface area (Å²) in [4.78, 5) is 20.2. The zero-order valence-electron chi connectivity index (χ0n) is 25.1. The summed E-state index contributed by atoms with van der Waals surface area (Å²) in [6, 6.07) is 27.0. The van der Waals surface area contributed by atoms with E-state index in [9.17, 15) is 13.2 Å². The van der Waals surface area contributed by atoms with E-state index in [0.29, 0.717) is 46.9 Å². The molecule has 10 nitrogen and oxygen atoms in total. The van der Waals surface area contributed by atoms with E-state index in [1.54, 1.807) is 28.9 Å². The van der Waals surface area contributed by atoms with Gasteiger partial charge in [0.2, 0.25) is 10.0 Å². The predicted molar refractivity (Wildman–Crippen MR) is 185 cm³/mol. The Hall–Kier alpha value is -4.40. The van der Waals surface area contributed by atoms with Gasteiger partial charge in [-0.05, 0) is 73.0 Å². The molecule has 1 aliphatic heterocycles. The number of aromatic nitrogens is 3. The van der Waals surface area contributed by atoms with Crippen molar-refractivity contribution >= 4 is 59.9 Å². The number of fused-ring (bicyclic) bond motifs is 1. The number of carbonyl (C=O) groups is 1. The summed E-state index contributed by atoms with van der Waals surface area (Å²) in [6.45, 7) is 2.94. The largest absolute Gasteiger partial charge is 0.455 e. The van der Waals surface area contributed by atoms with Gasteiger partial charge in [-0.25, -0.2) is 18.1 Å². The average molecular weight is 731 g/mol. The molecule has 0 unspecified atom stereocenters. The van der Waals surface area contributed by atoms with Gasteiger partial charge in [0.05, 0.1) is 56.7 Å². The van der Waals surface area contributed by atoms with E-state index in [-0.39, 0.29) is 29.4 Å². The zero-order valence-corrected chi connectivity index (χ0v) is 28.3. The summed E-state index contributed by atoms with van der Waals surface area (Å²) in [5.74, 6) is 0.314. The molecule has 13 heteroatoms. The number of halogens is 1. The first kappa shape index (κ1) is 31.2. The highest BCUT2D eigenvalue weighted by Gasteiger charge is 2.28. The molecule has 0 aliphatic carbocycles. The third-order valence-electron chi connectivity index (χ3n) is 7.66. The average Bonchev–Trinajstić information content (AvgIpc) is 3.74. The lowest BCUT2D eigenvalue weighted by Crippen LogP contribution is -2.40. The normalized spacial score (nSPS) is 13.9. The van der Waals surface area contributed by atoms with Gasteiger partial charge in [-0.3, -0.25) is 4.79 Å². The Morgan fingerprint density at radius 3 is 2.53 bits per heavy atom. The molecule has 1 N–H and O–H groups in total. The Kier molecular flexibility index (Phi) is 8.64. The van der Waals surface area contributed by atoms with Gasteiger partial charge in [-0.2, -0.15) is 9.40 Å². The molecule has 0 radical (unpaired) electrons. The number of hydrogen-bond acceptors (Lipinski definition) is 8. The maximum Gasteiger partial charge on any atom is 0.256 e. The third kappa shape index (κ3) is 6.32. The van der Waals surface area contributed by atoms with Gasteiger partial charge < -0.3 is 14.8 Å². The third-order valence-corrected chi connectivity index (χ3v) is 10.9. The molecule has 4 heterocycles. The lowest BCUT2D eigenvalue weighted by atomic mass is 10.1. The summed E-state index contributed by atoms with van der Waals surface area (Å²) in [5.41, 5.74) is 3.10. The molecular weight excluding hydrogens is 702 g/mol. The Balaban J connectivity index is 1.34. The van der Waals surface area contributed by atoms with E-state index in [2.05, 4.69) is 21.2 Å². The number of benzene rings is 3. The summed E-state index contributed by atoms with van der Waals surface area (Å²) < 4.78 is 42.7. The van der Waals surface area contributed by atoms with Crippen LogP contribution in [0.5, 0.6) is 11.5 Å². The lowest BCUT2D eigenvalue weighted by Gasteiger charge is -2.26. The number of carbonyl (C=O) groups excluding carboxylic acids is 1. The van der Waals surface area contributed by atoms with E-state index in [0.717, 1.165) is 15.0 Å². The van der Waals surface area contributed by atoms with Crippen molar-refractivity contribution in [3.63, 3.8) is 0 Å². The summed E-state index contributed by atoms with van der Waals surface area (Å²) in [5, 5.41) is 10.3. The van der Waals surface area contributed by atoms with Gasteiger partial charge in [0.25, 0.3) is 5.91 Å². The number of ether oxygens (including phenoxy) is 2. The van der Waals surface area contributed by atoms with E-state index >= 15 is 0 Å². The van der Waals surface area contributed by atoms with Crippen LogP contribution in [-0.2, 0) is 14.8 Å². The van der Waals surface area contributed by atoms with Crippen LogP contribution in [0.3, 0.4) is 0 Å². The Morgan fingerprint density at radius 1 is 0.979 bits per heavy atom. The quantitative estimate of drug-likeness (QED) is 0.175. The minimum atomic E-state index is -3.87. The van der Waals surface area contributed by atoms with Crippen molar-refractivity contribution in [3.8, 4) is 27.8 Å². The number of aryl methyl sites for hydroxylation is 1. The van der Waals surface area contributed by atoms with Crippen LogP contribution in [0.25, 0.3) is 27.3 Å². The summed E-state index contributed by atoms with van der Waals surface area (Å²) in [6.07, 6.45) is 0. The van der Waals surface area contributed by atoms with Crippen LogP contribution in [0, 0.1) is 6.92 Å². The number of pyridine rings is 1. The highest BCUT2D eigenvalue weighted by Crippen LogP contribution is 2.36. The number of nitrogens with one attached hydrogen (secondary N) is 1. The molecule has 0 bridgehead atoms. The van der Waals surface area contributed by atoms with E-state index in [4.69, 9.17) is 19.6 Å². The van der Waals surface area contributed by atoms with Crippen molar-refractivity contribution in [2.24, 2.45) is 0 Å². The topological polar surface area (TPSA) is 116 Å². The SMILES string of the molecule is Cc1nn(-c2ccccc2)c2nc(-c3cccs3)cc(C(=O)Nc3cc(S(=O)(=O)N4CCOCC4)ccc3Oc3cccc(Br)c3)c12. The lowest BCUT2D eigenvalue weighted by molar-refractivity contribution is 0.0730. The van der Waals surface area contributed by atoms with Crippen molar-refractivity contribution in [2.75, 3.05) is 31.6 Å². The molecule has 0 saturated carbocycles. The minimum Gasteiger partial charge on any atom is -0.455 e. The number of amides is 1. The maximum atomic E-state index is 14.4. The maximum absolute atomic E-state index is 14.4. The number of morpholine rings is 1. The molecule has 0 atom stereocenters. The second-order valence-electron chi connectivity index (χ2n) is 10.8. The molecule has 0 spiro atoms. The summed E-state index contributed by atoms with van der Waals surface area (Å²) in [7, 11) is -3.87. The van der Waals surface area contributed by atoms with Crippen LogP contribution >= 0.6 is 27.3 Å². The fourth-order valence-electron chi connectivity index (χ4n) is 5.41. The predicted octanol–water partition coefficient (Wildman–Crippen LogP) is 7.29. The van der Waals surface area contributed by atoms with Crippen molar-refractivity contribution in [1.29, 1.82) is 0 Å². The van der Waals surface area contributed by atoms with Crippen molar-refractivity contribution in [1.82, 2.24) is 19.1 Å². The fourth-order valence-corrected chi connectivity index (χ4v) is 7.91. The Morgan fingerprint density at radius 2 is 1.79 bits per heavy atom. The number of hydrogen-bond donors (Lipinski definition) is 1. The monoisotopic (exact) mass is 729 g/mol. The Labute approximate surface area is 283 Å². The van der Waals surface area contributed by atoms with Gasteiger partial charge in [0.1, 0.15) is 5.75 Å². The van der Waals surface area contributed by atoms with Gasteiger partial charge >= 0.3 is 0 Å². The molecule has 47 heavy (non-hydrogen) atoms. The number of rotatable bonds is 8. The van der Waals surface area contributed by atoms with Crippen LogP contribution in [0.1, 0.15) is 16.1 Å².